The topological polar surface area (TPSA) is 104 Å². The van der Waals surface area contributed by atoms with E-state index < -0.39 is 36.7 Å². The Morgan fingerprint density at radius 1 is 1.05 bits per heavy atom. The van der Waals surface area contributed by atoms with Crippen LogP contribution in [0.5, 0.6) is 5.75 Å². The molecule has 0 aliphatic carbocycles. The normalized spacial score (nSPS) is 12.0. The summed E-state index contributed by atoms with van der Waals surface area (Å²) in [5, 5.41) is 26.9. The zero-order valence-corrected chi connectivity index (χ0v) is 10.4. The highest BCUT2D eigenvalue weighted by Crippen LogP contribution is 2.21. The molecule has 6 nitrogen and oxygen atoms in total. The molecule has 0 atom stereocenters. The number of carboxylic acids is 2. The summed E-state index contributed by atoms with van der Waals surface area (Å²) in [6.07, 6.45) is -5.23. The molecular weight excluding hydrogens is 297 g/mol. The fraction of sp³-hybridized carbons (Fsp3) is 0.333. The number of carbonyl (C=O) groups is 2. The highest BCUT2D eigenvalue weighted by atomic mass is 19.4. The largest absolute Gasteiger partial charge is 0.484 e. The summed E-state index contributed by atoms with van der Waals surface area (Å²) in [6.45, 7) is -1.49. The van der Waals surface area contributed by atoms with Crippen LogP contribution in [0.3, 0.4) is 0 Å². The highest BCUT2D eigenvalue weighted by molar-refractivity contribution is 6.01. The lowest BCUT2D eigenvalue weighted by Gasteiger charge is -2.18. The minimum atomic E-state index is -4.49. The van der Waals surface area contributed by atoms with Gasteiger partial charge in [-0.3, -0.25) is 0 Å². The van der Waals surface area contributed by atoms with Crippen LogP contribution in [0.15, 0.2) is 24.3 Å². The molecule has 3 N–H and O–H groups in total. The van der Waals surface area contributed by atoms with E-state index in [0.717, 1.165) is 12.1 Å². The molecule has 0 aliphatic rings. The van der Waals surface area contributed by atoms with Crippen molar-refractivity contribution < 1.29 is 42.8 Å². The molecule has 9 heteroatoms. The number of halogens is 3. The molecule has 0 unspecified atom stereocenters. The monoisotopic (exact) mass is 308 g/mol. The van der Waals surface area contributed by atoms with E-state index in [0.29, 0.717) is 0 Å². The van der Waals surface area contributed by atoms with Gasteiger partial charge >= 0.3 is 18.1 Å². The number of hydrogen-bond donors (Lipinski definition) is 3. The third kappa shape index (κ3) is 4.63. The third-order valence-electron chi connectivity index (χ3n) is 2.49. The Hall–Kier alpha value is -2.29. The first-order valence-corrected chi connectivity index (χ1v) is 5.52. The van der Waals surface area contributed by atoms with E-state index in [1.54, 1.807) is 0 Å². The maximum absolute atomic E-state index is 11.9. The van der Waals surface area contributed by atoms with Crippen LogP contribution >= 0.6 is 0 Å². The van der Waals surface area contributed by atoms with Crippen LogP contribution in [0.4, 0.5) is 13.2 Å². The first kappa shape index (κ1) is 16.8. The van der Waals surface area contributed by atoms with Crippen LogP contribution < -0.4 is 4.74 Å². The molecular formula is C12H11F3O6. The molecule has 0 amide bonds. The first-order valence-electron chi connectivity index (χ1n) is 5.52. The summed E-state index contributed by atoms with van der Waals surface area (Å²) < 4.78 is 40.2. The molecule has 0 radical (unpaired) electrons. The minimum Gasteiger partial charge on any atom is -0.484 e. The average Bonchev–Trinajstić information content (AvgIpc) is 2.36. The van der Waals surface area contributed by atoms with Gasteiger partial charge in [0.05, 0.1) is 0 Å². The molecule has 116 valence electrons. The van der Waals surface area contributed by atoms with Crippen molar-refractivity contribution in [1.82, 2.24) is 0 Å². The molecule has 1 aromatic rings. The molecule has 0 saturated heterocycles. The predicted molar refractivity (Wildman–Crippen MR) is 61.9 cm³/mol. The van der Waals surface area contributed by atoms with Gasteiger partial charge < -0.3 is 20.1 Å². The van der Waals surface area contributed by atoms with Gasteiger partial charge in [0.1, 0.15) is 5.75 Å². The Morgan fingerprint density at radius 3 is 1.90 bits per heavy atom. The van der Waals surface area contributed by atoms with E-state index in [1.807, 2.05) is 0 Å². The van der Waals surface area contributed by atoms with Crippen molar-refractivity contribution in [3.63, 3.8) is 0 Å². The van der Waals surface area contributed by atoms with Crippen LogP contribution in [-0.4, -0.2) is 45.6 Å². The molecule has 0 heterocycles. The number of aliphatic carboxylic acids is 2. The number of alkyl halides is 3. The van der Waals surface area contributed by atoms with Crippen LogP contribution in [0.2, 0.25) is 0 Å². The summed E-state index contributed by atoms with van der Waals surface area (Å²) in [6, 6.07) is 4.57. The number of carboxylic acid groups (broad SMARTS) is 2. The maximum atomic E-state index is 11.9. The summed E-state index contributed by atoms with van der Waals surface area (Å²) in [5.41, 5.74) is -2.89. The molecule has 21 heavy (non-hydrogen) atoms. The smallest absolute Gasteiger partial charge is 0.422 e. The third-order valence-corrected chi connectivity index (χ3v) is 2.49. The fourth-order valence-electron chi connectivity index (χ4n) is 1.41. The van der Waals surface area contributed by atoms with Gasteiger partial charge in [0, 0.05) is 6.42 Å². The number of benzene rings is 1. The van der Waals surface area contributed by atoms with Crippen molar-refractivity contribution in [2.24, 2.45) is 0 Å². The summed E-state index contributed by atoms with van der Waals surface area (Å²) in [4.78, 5) is 21.5. The quantitative estimate of drug-likeness (QED) is 0.679. The molecule has 0 aromatic heterocycles. The predicted octanol–water partition coefficient (Wildman–Crippen LogP) is 1.07. The van der Waals surface area contributed by atoms with Crippen molar-refractivity contribution in [3.05, 3.63) is 29.8 Å². The van der Waals surface area contributed by atoms with Crippen LogP contribution in [-0.2, 0) is 16.0 Å². The SMILES string of the molecule is O=C(O)C(O)(Cc1ccc(OCC(F)(F)F)cc1)C(=O)O. The van der Waals surface area contributed by atoms with Gasteiger partial charge in [-0.05, 0) is 17.7 Å². The van der Waals surface area contributed by atoms with Crippen molar-refractivity contribution in [2.75, 3.05) is 6.61 Å². The van der Waals surface area contributed by atoms with E-state index in [1.165, 1.54) is 12.1 Å². The van der Waals surface area contributed by atoms with Gasteiger partial charge in [-0.15, -0.1) is 0 Å². The molecule has 0 fully saturated rings. The lowest BCUT2D eigenvalue weighted by Crippen LogP contribution is -2.48. The van der Waals surface area contributed by atoms with Crippen molar-refractivity contribution >= 4 is 11.9 Å². The minimum absolute atomic E-state index is 0.113. The fourth-order valence-corrected chi connectivity index (χ4v) is 1.41. The summed E-state index contributed by atoms with van der Waals surface area (Å²) >= 11 is 0. The zero-order chi connectivity index (χ0) is 16.3. The van der Waals surface area contributed by atoms with Crippen LogP contribution in [0.25, 0.3) is 0 Å². The van der Waals surface area contributed by atoms with E-state index in [4.69, 9.17) is 10.2 Å². The Bertz CT molecular complexity index is 509. The van der Waals surface area contributed by atoms with Gasteiger partial charge in [0.2, 0.25) is 0 Å². The van der Waals surface area contributed by atoms with E-state index in [9.17, 15) is 27.9 Å². The van der Waals surface area contributed by atoms with E-state index in [2.05, 4.69) is 4.74 Å². The first-order chi connectivity index (χ1) is 9.54. The number of ether oxygens (including phenoxy) is 1. The Morgan fingerprint density at radius 2 is 1.52 bits per heavy atom. The second-order valence-electron chi connectivity index (χ2n) is 4.20. The highest BCUT2D eigenvalue weighted by Gasteiger charge is 2.44. The second-order valence-corrected chi connectivity index (χ2v) is 4.20. The van der Waals surface area contributed by atoms with Crippen molar-refractivity contribution in [1.29, 1.82) is 0 Å². The van der Waals surface area contributed by atoms with E-state index in [-0.39, 0.29) is 11.3 Å². The number of aliphatic hydroxyl groups is 1. The molecule has 0 bridgehead atoms. The molecule has 0 aliphatic heterocycles. The standard InChI is InChI=1S/C12H11F3O6/c13-12(14,15)6-21-8-3-1-7(2-4-8)5-11(20,9(16)17)10(18)19/h1-4,20H,5-6H2,(H,16,17)(H,18,19). The van der Waals surface area contributed by atoms with Crippen LogP contribution in [0, 0.1) is 0 Å². The summed E-state index contributed by atoms with van der Waals surface area (Å²) in [5.74, 6) is -4.00. The molecule has 0 saturated carbocycles. The van der Waals surface area contributed by atoms with Gasteiger partial charge in [-0.2, -0.15) is 13.2 Å². The Labute approximate surface area is 116 Å². The van der Waals surface area contributed by atoms with Crippen molar-refractivity contribution in [2.45, 2.75) is 18.2 Å². The lowest BCUT2D eigenvalue weighted by atomic mass is 9.95. The molecule has 0 spiro atoms. The van der Waals surface area contributed by atoms with Crippen molar-refractivity contribution in [3.8, 4) is 5.75 Å². The second kappa shape index (κ2) is 6.00. The lowest BCUT2D eigenvalue weighted by molar-refractivity contribution is -0.175. The molecule has 1 aromatic carbocycles. The Kier molecular flexibility index (Phi) is 4.79. The average molecular weight is 308 g/mol. The molecule has 1 rings (SSSR count). The number of rotatable bonds is 6. The van der Waals surface area contributed by atoms with Gasteiger partial charge in [-0.25, -0.2) is 9.59 Å². The van der Waals surface area contributed by atoms with E-state index >= 15 is 0 Å². The zero-order valence-electron chi connectivity index (χ0n) is 10.4. The van der Waals surface area contributed by atoms with Gasteiger partial charge in [0.15, 0.2) is 6.61 Å². The number of hydrogen-bond acceptors (Lipinski definition) is 4. The van der Waals surface area contributed by atoms with Gasteiger partial charge in [-0.1, -0.05) is 12.1 Å². The maximum Gasteiger partial charge on any atom is 0.422 e. The Balaban J connectivity index is 2.79. The van der Waals surface area contributed by atoms with Crippen LogP contribution in [0.1, 0.15) is 5.56 Å². The van der Waals surface area contributed by atoms with Gasteiger partial charge in [0.25, 0.3) is 5.60 Å². The summed E-state index contributed by atoms with van der Waals surface area (Å²) in [7, 11) is 0.